The molecule has 3 fully saturated rings. The number of amides is 8. The van der Waals surface area contributed by atoms with Gasteiger partial charge in [-0.05, 0) is 61.6 Å². The lowest BCUT2D eigenvalue weighted by molar-refractivity contribution is -0.142. The lowest BCUT2D eigenvalue weighted by Crippen LogP contribution is -2.60. The molecule has 1 saturated carbocycles. The number of primary amides is 1. The fourth-order valence-corrected chi connectivity index (χ4v) is 10.9. The Morgan fingerprint density at radius 1 is 0.658 bits per heavy atom. The number of carbonyl (C=O) groups is 8. The molecule has 8 amide bonds. The Morgan fingerprint density at radius 2 is 1.24 bits per heavy atom. The average Bonchev–Trinajstić information content (AvgIpc) is 4.36. The topological polar surface area (TPSA) is 328 Å². The number of nitrogens with one attached hydrogen (secondary N) is 9. The third-order valence-electron chi connectivity index (χ3n) is 15.6. The van der Waals surface area contributed by atoms with E-state index in [4.69, 9.17) is 5.73 Å². The number of hydrogen-bond acceptors (Lipinski definition) is 12. The molecule has 0 unspecified atom stereocenters. The Morgan fingerprint density at radius 3 is 1.82 bits per heavy atom. The van der Waals surface area contributed by atoms with Crippen molar-refractivity contribution in [2.45, 2.75) is 171 Å². The van der Waals surface area contributed by atoms with Crippen LogP contribution in [0.5, 0.6) is 0 Å². The van der Waals surface area contributed by atoms with Crippen LogP contribution in [-0.4, -0.2) is 145 Å². The normalized spacial score (nSPS) is 19.6. The van der Waals surface area contributed by atoms with Crippen LogP contribution in [0.15, 0.2) is 85.7 Å². The summed E-state index contributed by atoms with van der Waals surface area (Å²) >= 11 is 0. The largest absolute Gasteiger partial charge is 0.390 e. The van der Waals surface area contributed by atoms with E-state index in [0.717, 1.165) is 44.1 Å². The number of aromatic amines is 2. The molecule has 3 aliphatic rings. The van der Waals surface area contributed by atoms with Crippen LogP contribution in [0.1, 0.15) is 113 Å². The van der Waals surface area contributed by atoms with Gasteiger partial charge in [0.05, 0.1) is 37.3 Å². The molecule has 0 bridgehead atoms. The number of nitrogens with two attached hydrogens (primary N) is 1. The number of hydrogen-bond donors (Lipinski definition) is 11. The molecule has 0 spiro atoms. The number of imidazole rings is 2. The Kier molecular flexibility index (Phi) is 22.1. The lowest BCUT2D eigenvalue weighted by atomic mass is 9.83. The summed E-state index contributed by atoms with van der Waals surface area (Å²) in [6.07, 6.45) is 12.1. The summed E-state index contributed by atoms with van der Waals surface area (Å²) in [5.41, 5.74) is 8.33. The van der Waals surface area contributed by atoms with Crippen LogP contribution < -0.4 is 43.0 Å². The fourth-order valence-electron chi connectivity index (χ4n) is 10.9. The maximum absolute atomic E-state index is 14.8. The highest BCUT2D eigenvalue weighted by Crippen LogP contribution is 2.29. The van der Waals surface area contributed by atoms with E-state index < -0.39 is 102 Å². The Labute approximate surface area is 461 Å². The van der Waals surface area contributed by atoms with Gasteiger partial charge in [-0.3, -0.25) is 38.4 Å². The van der Waals surface area contributed by atoms with E-state index in [-0.39, 0.29) is 50.0 Å². The standard InChI is InChI=1S/C57H79N13O9/c1-3-35(2)50(56(78)65-43(51(58)73)26-37-17-9-5-10-18-37)69-49(72)30-48(71)42(25-36-15-7-4-8-16-36)64-54(76)45(28-39-31-59-33-62-39)66-53(75)44(27-38-19-11-6-12-20-38)67-55(77)47-22-14-24-70(47)57(79)46(29-40-32-60-34-63-40)68-52(74)41-21-13-23-61-41/h5-6,9-12,17-20,31-36,41-48,50,61,71H,3-4,7-8,13-16,21-30H2,1-2H3,(H2,58,73)(H,59,62)(H,60,63)(H,64,76)(H,65,78)(H,66,75)(H,67,77)(H,68,74)(H,69,72)/t35-,41-,42+,43+,44+,45+,46+,47-,48+,50+/m1/s1. The summed E-state index contributed by atoms with van der Waals surface area (Å²) in [7, 11) is 0. The molecule has 2 saturated heterocycles. The van der Waals surface area contributed by atoms with Crippen molar-refractivity contribution in [2.75, 3.05) is 13.1 Å². The summed E-state index contributed by atoms with van der Waals surface area (Å²) < 4.78 is 0. The molecule has 10 atom stereocenters. The number of rotatable bonds is 28. The molecule has 2 aliphatic heterocycles. The zero-order valence-corrected chi connectivity index (χ0v) is 45.3. The monoisotopic (exact) mass is 1090 g/mol. The molecule has 426 valence electrons. The number of benzene rings is 2. The molecule has 1 aliphatic carbocycles. The van der Waals surface area contributed by atoms with Crippen molar-refractivity contribution in [3.8, 4) is 0 Å². The quantitative estimate of drug-likeness (QED) is 0.0384. The van der Waals surface area contributed by atoms with E-state index in [9.17, 15) is 43.5 Å². The van der Waals surface area contributed by atoms with Crippen molar-refractivity contribution in [3.05, 3.63) is 108 Å². The lowest BCUT2D eigenvalue weighted by Gasteiger charge is -2.32. The second-order valence-corrected chi connectivity index (χ2v) is 21.5. The van der Waals surface area contributed by atoms with Crippen molar-refractivity contribution in [1.82, 2.24) is 62.1 Å². The van der Waals surface area contributed by atoms with Gasteiger partial charge < -0.3 is 62.9 Å². The van der Waals surface area contributed by atoms with Gasteiger partial charge >= 0.3 is 0 Å². The van der Waals surface area contributed by atoms with Gasteiger partial charge in [-0.2, -0.15) is 0 Å². The van der Waals surface area contributed by atoms with Crippen molar-refractivity contribution in [1.29, 1.82) is 0 Å². The fraction of sp³-hybridized carbons (Fsp3) is 0.544. The Bertz CT molecular complexity index is 2610. The Balaban J connectivity index is 1.07. The first-order valence-corrected chi connectivity index (χ1v) is 28.0. The minimum atomic E-state index is -1.43. The number of aliphatic hydroxyl groups is 1. The number of aliphatic hydroxyl groups excluding tert-OH is 1. The van der Waals surface area contributed by atoms with Gasteiger partial charge in [0.1, 0.15) is 36.3 Å². The third kappa shape index (κ3) is 17.5. The number of likely N-dealkylation sites (tertiary alicyclic amines) is 1. The highest BCUT2D eigenvalue weighted by atomic mass is 16.3. The van der Waals surface area contributed by atoms with E-state index in [2.05, 4.69) is 57.2 Å². The molecule has 4 aromatic rings. The maximum Gasteiger partial charge on any atom is 0.246 e. The highest BCUT2D eigenvalue weighted by Gasteiger charge is 2.41. The van der Waals surface area contributed by atoms with Crippen molar-refractivity contribution in [3.63, 3.8) is 0 Å². The van der Waals surface area contributed by atoms with Crippen molar-refractivity contribution >= 4 is 47.3 Å². The zero-order valence-electron chi connectivity index (χ0n) is 45.3. The summed E-state index contributed by atoms with van der Waals surface area (Å²) in [5.74, 6) is -4.96. The van der Waals surface area contributed by atoms with Crippen LogP contribution in [0.25, 0.3) is 0 Å². The summed E-state index contributed by atoms with van der Waals surface area (Å²) in [6, 6.07) is 10.1. The van der Waals surface area contributed by atoms with Crippen LogP contribution in [-0.2, 0) is 64.0 Å². The molecule has 2 aromatic heterocycles. The van der Waals surface area contributed by atoms with E-state index in [1.165, 1.54) is 23.8 Å². The smallest absolute Gasteiger partial charge is 0.246 e. The molecule has 4 heterocycles. The van der Waals surface area contributed by atoms with Crippen LogP contribution in [0.4, 0.5) is 0 Å². The first kappa shape index (κ1) is 59.2. The van der Waals surface area contributed by atoms with Gasteiger partial charge in [0, 0.05) is 56.0 Å². The SMILES string of the molecule is CC[C@@H](C)[C@H](NC(=O)C[C@H](O)[C@H](CC1CCCCC1)NC(=O)[C@H](Cc1cnc[nH]1)NC(=O)[C@H](Cc1ccccc1)NC(=O)[C@H]1CCCN1C(=O)[C@H](Cc1cnc[nH]1)NC(=O)[C@H]1CCCN1)C(=O)N[C@@H](Cc1ccccc1)C(N)=O. The minimum absolute atomic E-state index is 0.0222. The molecular formula is C57H79N13O9. The number of carbonyl (C=O) groups excluding carboxylic acids is 8. The molecule has 2 aromatic carbocycles. The van der Waals surface area contributed by atoms with E-state index in [1.807, 2.05) is 55.5 Å². The molecule has 7 rings (SSSR count). The first-order chi connectivity index (χ1) is 38.1. The predicted octanol–water partition coefficient (Wildman–Crippen LogP) is 1.31. The molecule has 79 heavy (non-hydrogen) atoms. The van der Waals surface area contributed by atoms with Gasteiger partial charge in [-0.15, -0.1) is 0 Å². The van der Waals surface area contributed by atoms with Crippen LogP contribution in [0.3, 0.4) is 0 Å². The van der Waals surface area contributed by atoms with Gasteiger partial charge in [0.2, 0.25) is 47.3 Å². The van der Waals surface area contributed by atoms with E-state index >= 15 is 0 Å². The molecule has 22 nitrogen and oxygen atoms in total. The zero-order chi connectivity index (χ0) is 56.3. The molecule has 0 radical (unpaired) electrons. The van der Waals surface area contributed by atoms with Gasteiger partial charge in [-0.25, -0.2) is 9.97 Å². The minimum Gasteiger partial charge on any atom is -0.390 e. The summed E-state index contributed by atoms with van der Waals surface area (Å²) in [5, 5.41) is 32.3. The summed E-state index contributed by atoms with van der Waals surface area (Å²) in [4.78, 5) is 128. The first-order valence-electron chi connectivity index (χ1n) is 28.0. The number of H-pyrrole nitrogens is 2. The van der Waals surface area contributed by atoms with Gasteiger partial charge in [0.25, 0.3) is 0 Å². The van der Waals surface area contributed by atoms with E-state index in [1.54, 1.807) is 25.3 Å². The van der Waals surface area contributed by atoms with Crippen LogP contribution in [0.2, 0.25) is 0 Å². The van der Waals surface area contributed by atoms with Crippen LogP contribution >= 0.6 is 0 Å². The maximum atomic E-state index is 14.8. The van der Waals surface area contributed by atoms with Crippen LogP contribution in [0, 0.1) is 11.8 Å². The molecular weight excluding hydrogens is 1010 g/mol. The second kappa shape index (κ2) is 29.5. The second-order valence-electron chi connectivity index (χ2n) is 21.5. The highest BCUT2D eigenvalue weighted by molar-refractivity contribution is 5.97. The average molecular weight is 1090 g/mol. The van der Waals surface area contributed by atoms with Crippen molar-refractivity contribution < 1.29 is 43.5 Å². The van der Waals surface area contributed by atoms with E-state index in [0.29, 0.717) is 55.6 Å². The van der Waals surface area contributed by atoms with Crippen molar-refractivity contribution in [2.24, 2.45) is 17.6 Å². The summed E-state index contributed by atoms with van der Waals surface area (Å²) in [6.45, 7) is 4.58. The Hall–Kier alpha value is -7.46. The van der Waals surface area contributed by atoms with Gasteiger partial charge in [0.15, 0.2) is 0 Å². The number of nitrogens with zero attached hydrogens (tertiary/aromatic N) is 3. The number of aromatic nitrogens is 4. The molecule has 12 N–H and O–H groups in total. The van der Waals surface area contributed by atoms with Gasteiger partial charge in [-0.1, -0.05) is 113 Å². The molecule has 22 heteroatoms. The third-order valence-corrected chi connectivity index (χ3v) is 15.6. The predicted molar refractivity (Wildman–Crippen MR) is 293 cm³/mol.